The van der Waals surface area contributed by atoms with Crippen LogP contribution in [0, 0.1) is 5.92 Å². The molecule has 8 nitrogen and oxygen atoms in total. The van der Waals surface area contributed by atoms with Gasteiger partial charge in [0.2, 0.25) is 17.7 Å². The molecule has 0 bridgehead atoms. The number of rotatable bonds is 5. The van der Waals surface area contributed by atoms with Gasteiger partial charge < -0.3 is 16.4 Å². The maximum absolute atomic E-state index is 11.4. The number of aromatic amines is 1. The van der Waals surface area contributed by atoms with Crippen molar-refractivity contribution in [1.82, 2.24) is 25.8 Å². The highest BCUT2D eigenvalue weighted by Gasteiger charge is 2.11. The van der Waals surface area contributed by atoms with Gasteiger partial charge in [0.1, 0.15) is 0 Å². The molecular formula is C9H16N6O2. The fourth-order valence-corrected chi connectivity index (χ4v) is 1.00. The van der Waals surface area contributed by atoms with Crippen LogP contribution < -0.4 is 16.4 Å². The topological polar surface area (TPSA) is 126 Å². The number of hydrogen-bond donors (Lipinski definition) is 4. The molecule has 0 aliphatic rings. The molecule has 1 aromatic rings. The fraction of sp³-hybridized carbons (Fsp3) is 0.556. The van der Waals surface area contributed by atoms with Crippen LogP contribution in [0.5, 0.6) is 0 Å². The Morgan fingerprint density at radius 2 is 2.12 bits per heavy atom. The van der Waals surface area contributed by atoms with Gasteiger partial charge in [-0.3, -0.25) is 14.7 Å². The van der Waals surface area contributed by atoms with Crippen molar-refractivity contribution in [2.24, 2.45) is 5.92 Å². The van der Waals surface area contributed by atoms with Gasteiger partial charge in [-0.2, -0.15) is 4.98 Å². The molecule has 1 rings (SSSR count). The molecule has 0 fully saturated rings. The molecule has 0 spiro atoms. The summed E-state index contributed by atoms with van der Waals surface area (Å²) in [5.74, 6) is -0.435. The van der Waals surface area contributed by atoms with E-state index in [1.165, 1.54) is 0 Å². The van der Waals surface area contributed by atoms with Crippen molar-refractivity contribution in [1.29, 1.82) is 0 Å². The van der Waals surface area contributed by atoms with E-state index in [2.05, 4.69) is 25.8 Å². The molecule has 0 aliphatic carbocycles. The van der Waals surface area contributed by atoms with Gasteiger partial charge in [0.05, 0.1) is 6.54 Å². The van der Waals surface area contributed by atoms with Crippen molar-refractivity contribution < 1.29 is 9.59 Å². The van der Waals surface area contributed by atoms with Gasteiger partial charge in [0.15, 0.2) is 0 Å². The molecule has 0 unspecified atom stereocenters. The Kier molecular flexibility index (Phi) is 4.44. The lowest BCUT2D eigenvalue weighted by Crippen LogP contribution is -2.38. The van der Waals surface area contributed by atoms with Crippen LogP contribution >= 0.6 is 0 Å². The lowest BCUT2D eigenvalue weighted by molar-refractivity contribution is -0.120. The third kappa shape index (κ3) is 4.49. The van der Waals surface area contributed by atoms with E-state index in [-0.39, 0.29) is 24.2 Å². The van der Waals surface area contributed by atoms with E-state index < -0.39 is 5.91 Å². The standard InChI is InChI=1S/C9H16N6O2/c1-5(2)3-11-6(16)4-12-8(17)7-13-9(10)15-14-7/h5H,3-4H2,1-2H3,(H,11,16)(H,12,17)(H3,10,13,14,15). The number of nitrogen functional groups attached to an aromatic ring is 1. The van der Waals surface area contributed by atoms with E-state index in [1.807, 2.05) is 13.8 Å². The lowest BCUT2D eigenvalue weighted by atomic mass is 10.2. The number of H-pyrrole nitrogens is 1. The Labute approximate surface area is 98.4 Å². The first-order valence-corrected chi connectivity index (χ1v) is 5.21. The summed E-state index contributed by atoms with van der Waals surface area (Å²) in [6.45, 7) is 4.43. The highest BCUT2D eigenvalue weighted by atomic mass is 16.2. The van der Waals surface area contributed by atoms with Gasteiger partial charge in [-0.25, -0.2) is 0 Å². The monoisotopic (exact) mass is 240 g/mol. The molecule has 5 N–H and O–H groups in total. The van der Waals surface area contributed by atoms with Gasteiger partial charge >= 0.3 is 0 Å². The van der Waals surface area contributed by atoms with E-state index in [9.17, 15) is 9.59 Å². The predicted molar refractivity (Wildman–Crippen MR) is 61.0 cm³/mol. The Morgan fingerprint density at radius 1 is 1.41 bits per heavy atom. The third-order valence-corrected chi connectivity index (χ3v) is 1.83. The van der Waals surface area contributed by atoms with Crippen molar-refractivity contribution in [2.45, 2.75) is 13.8 Å². The summed E-state index contributed by atoms with van der Waals surface area (Å²) in [7, 11) is 0. The maximum Gasteiger partial charge on any atom is 0.289 e. The second-order valence-corrected chi connectivity index (χ2v) is 3.92. The third-order valence-electron chi connectivity index (χ3n) is 1.83. The fourth-order valence-electron chi connectivity index (χ4n) is 1.00. The molecule has 0 radical (unpaired) electrons. The van der Waals surface area contributed by atoms with E-state index in [4.69, 9.17) is 5.73 Å². The summed E-state index contributed by atoms with van der Waals surface area (Å²) in [5.41, 5.74) is 5.24. The highest BCUT2D eigenvalue weighted by Crippen LogP contribution is 1.92. The first kappa shape index (κ1) is 12.9. The van der Waals surface area contributed by atoms with Crippen molar-refractivity contribution in [3.63, 3.8) is 0 Å². The SMILES string of the molecule is CC(C)CNC(=O)CNC(=O)c1nc(N)n[nH]1. The largest absolute Gasteiger partial charge is 0.366 e. The number of anilines is 1. The number of amides is 2. The van der Waals surface area contributed by atoms with Gasteiger partial charge in [-0.05, 0) is 5.92 Å². The Balaban J connectivity index is 2.31. The molecule has 0 atom stereocenters. The highest BCUT2D eigenvalue weighted by molar-refractivity contribution is 5.93. The van der Waals surface area contributed by atoms with Crippen LogP contribution in [0.2, 0.25) is 0 Å². The normalized spacial score (nSPS) is 10.3. The average Bonchev–Trinajstić information content (AvgIpc) is 2.70. The minimum absolute atomic E-state index is 0.0144. The van der Waals surface area contributed by atoms with Crippen LogP contribution in [0.3, 0.4) is 0 Å². The Bertz CT molecular complexity index is 400. The van der Waals surface area contributed by atoms with Crippen LogP contribution in [0.4, 0.5) is 5.95 Å². The summed E-state index contributed by atoms with van der Waals surface area (Å²) in [6, 6.07) is 0. The summed E-state index contributed by atoms with van der Waals surface area (Å²) >= 11 is 0. The minimum atomic E-state index is -0.520. The van der Waals surface area contributed by atoms with Gasteiger partial charge in [0, 0.05) is 6.54 Å². The van der Waals surface area contributed by atoms with E-state index in [0.717, 1.165) is 0 Å². The van der Waals surface area contributed by atoms with E-state index in [1.54, 1.807) is 0 Å². The van der Waals surface area contributed by atoms with E-state index >= 15 is 0 Å². The number of aromatic nitrogens is 3. The number of carbonyl (C=O) groups is 2. The first-order chi connectivity index (χ1) is 7.99. The number of hydrogen-bond acceptors (Lipinski definition) is 5. The molecule has 0 aliphatic heterocycles. The minimum Gasteiger partial charge on any atom is -0.366 e. The lowest BCUT2D eigenvalue weighted by Gasteiger charge is -2.07. The molecule has 0 saturated heterocycles. The summed E-state index contributed by atoms with van der Waals surface area (Å²) in [4.78, 5) is 26.3. The number of nitrogens with one attached hydrogen (secondary N) is 3. The average molecular weight is 240 g/mol. The number of nitrogens with two attached hydrogens (primary N) is 1. The predicted octanol–water partition coefficient (Wildman–Crippen LogP) is -1.11. The second-order valence-electron chi connectivity index (χ2n) is 3.92. The molecule has 0 aromatic carbocycles. The molecule has 2 amide bonds. The van der Waals surface area contributed by atoms with Crippen LogP contribution in [0.15, 0.2) is 0 Å². The van der Waals surface area contributed by atoms with E-state index in [0.29, 0.717) is 12.5 Å². The van der Waals surface area contributed by atoms with Crippen LogP contribution in [-0.2, 0) is 4.79 Å². The quantitative estimate of drug-likeness (QED) is 0.519. The zero-order valence-electron chi connectivity index (χ0n) is 9.78. The van der Waals surface area contributed by atoms with Crippen molar-refractivity contribution in [3.05, 3.63) is 5.82 Å². The smallest absolute Gasteiger partial charge is 0.289 e. The Hall–Kier alpha value is -2.12. The van der Waals surface area contributed by atoms with Crippen molar-refractivity contribution in [2.75, 3.05) is 18.8 Å². The van der Waals surface area contributed by atoms with Gasteiger partial charge in [-0.15, -0.1) is 5.10 Å². The Morgan fingerprint density at radius 3 is 2.65 bits per heavy atom. The molecule has 8 heteroatoms. The van der Waals surface area contributed by atoms with Gasteiger partial charge in [0.25, 0.3) is 5.91 Å². The van der Waals surface area contributed by atoms with Crippen molar-refractivity contribution in [3.8, 4) is 0 Å². The van der Waals surface area contributed by atoms with Crippen molar-refractivity contribution >= 4 is 17.8 Å². The molecule has 1 heterocycles. The number of carbonyl (C=O) groups excluding carboxylic acids is 2. The molecule has 1 aromatic heterocycles. The maximum atomic E-state index is 11.4. The van der Waals surface area contributed by atoms with Crippen LogP contribution in [-0.4, -0.2) is 40.1 Å². The number of nitrogens with zero attached hydrogens (tertiary/aromatic N) is 2. The zero-order chi connectivity index (χ0) is 12.8. The summed E-state index contributed by atoms with van der Waals surface area (Å²) in [6.07, 6.45) is 0. The summed E-state index contributed by atoms with van der Waals surface area (Å²) in [5, 5.41) is 10.9. The van der Waals surface area contributed by atoms with Crippen LogP contribution in [0.1, 0.15) is 24.5 Å². The first-order valence-electron chi connectivity index (χ1n) is 5.21. The molecule has 17 heavy (non-hydrogen) atoms. The zero-order valence-corrected chi connectivity index (χ0v) is 9.78. The van der Waals surface area contributed by atoms with Gasteiger partial charge in [-0.1, -0.05) is 13.8 Å². The molecule has 0 saturated carbocycles. The molecular weight excluding hydrogens is 224 g/mol. The molecule has 94 valence electrons. The summed E-state index contributed by atoms with van der Waals surface area (Å²) < 4.78 is 0. The van der Waals surface area contributed by atoms with Crippen LogP contribution in [0.25, 0.3) is 0 Å². The second kappa shape index (κ2) is 5.83.